The van der Waals surface area contributed by atoms with Gasteiger partial charge in [-0.15, -0.1) is 0 Å². The van der Waals surface area contributed by atoms with Crippen LogP contribution in [0.3, 0.4) is 0 Å². The quantitative estimate of drug-likeness (QED) is 0.118. The molecule has 0 radical (unpaired) electrons. The summed E-state index contributed by atoms with van der Waals surface area (Å²) in [5.41, 5.74) is 7.71. The van der Waals surface area contributed by atoms with E-state index in [0.29, 0.717) is 72.3 Å². The summed E-state index contributed by atoms with van der Waals surface area (Å²) in [4.78, 5) is 13.4. The third-order valence-corrected chi connectivity index (χ3v) is 10.7. The lowest BCUT2D eigenvalue weighted by Crippen LogP contribution is -2.56. The van der Waals surface area contributed by atoms with Gasteiger partial charge in [0, 0.05) is 43.7 Å². The molecule has 2 aliphatic heterocycles. The first kappa shape index (κ1) is 38.1. The van der Waals surface area contributed by atoms with Crippen molar-refractivity contribution < 1.29 is 27.8 Å². The molecule has 2 heterocycles. The second-order valence-corrected chi connectivity index (χ2v) is 14.9. The van der Waals surface area contributed by atoms with Gasteiger partial charge in [-0.2, -0.15) is 10.5 Å². The molecule has 55 heavy (non-hydrogen) atoms. The van der Waals surface area contributed by atoms with Gasteiger partial charge in [0.05, 0.1) is 48.0 Å². The van der Waals surface area contributed by atoms with Crippen molar-refractivity contribution in [2.24, 2.45) is 0 Å². The number of carbonyl (C=O) groups excluding carboxylic acids is 1. The number of nitrogens with one attached hydrogen (secondary N) is 2. The number of benzene rings is 4. The fourth-order valence-electron chi connectivity index (χ4n) is 7.66. The number of nitriles is 2. The van der Waals surface area contributed by atoms with E-state index in [1.165, 1.54) is 11.6 Å². The van der Waals surface area contributed by atoms with E-state index in [1.807, 2.05) is 31.2 Å². The van der Waals surface area contributed by atoms with Crippen LogP contribution >= 0.6 is 11.6 Å². The van der Waals surface area contributed by atoms with Crippen LogP contribution in [0.4, 0.5) is 8.78 Å². The van der Waals surface area contributed by atoms with Gasteiger partial charge in [0.1, 0.15) is 30.0 Å². The monoisotopic (exact) mass is 765 g/mol. The van der Waals surface area contributed by atoms with Crippen LogP contribution in [0, 0.1) is 29.6 Å². The van der Waals surface area contributed by atoms with Gasteiger partial charge in [-0.3, -0.25) is 9.69 Å². The van der Waals surface area contributed by atoms with Gasteiger partial charge >= 0.3 is 0 Å². The summed E-state index contributed by atoms with van der Waals surface area (Å²) in [6.07, 6.45) is 3.26. The number of amides is 1. The van der Waals surface area contributed by atoms with E-state index in [9.17, 15) is 24.1 Å². The van der Waals surface area contributed by atoms with E-state index in [1.54, 1.807) is 23.1 Å². The molecule has 1 aliphatic carbocycles. The Morgan fingerprint density at radius 3 is 2.44 bits per heavy atom. The number of likely N-dealkylation sites (tertiary alicyclic amines) is 1. The van der Waals surface area contributed by atoms with Crippen molar-refractivity contribution in [1.82, 2.24) is 15.5 Å². The van der Waals surface area contributed by atoms with Gasteiger partial charge in [0.2, 0.25) is 5.91 Å². The zero-order valence-electron chi connectivity index (χ0n) is 30.6. The Labute approximate surface area is 324 Å². The lowest BCUT2D eigenvalue weighted by atomic mass is 9.93. The fraction of sp³-hybridized carbons (Fsp3) is 0.372. The summed E-state index contributed by atoms with van der Waals surface area (Å²) in [7, 11) is 0. The van der Waals surface area contributed by atoms with Gasteiger partial charge in [0.25, 0.3) is 5.92 Å². The molecular weight excluding hydrogens is 724 g/mol. The second kappa shape index (κ2) is 16.7. The normalized spacial score (nSPS) is 18.5. The Kier molecular flexibility index (Phi) is 11.5. The zero-order chi connectivity index (χ0) is 38.5. The molecule has 284 valence electrons. The Bertz CT molecular complexity index is 2130. The van der Waals surface area contributed by atoms with Crippen molar-refractivity contribution in [1.29, 1.82) is 10.5 Å². The number of alkyl halides is 2. The van der Waals surface area contributed by atoms with E-state index < -0.39 is 5.92 Å². The van der Waals surface area contributed by atoms with Crippen LogP contribution in [0.25, 0.3) is 11.1 Å². The molecule has 0 unspecified atom stereocenters. The highest BCUT2D eigenvalue weighted by molar-refractivity contribution is 6.32. The maximum Gasteiger partial charge on any atom is 0.272 e. The van der Waals surface area contributed by atoms with Crippen LogP contribution in [0.15, 0.2) is 66.7 Å². The molecule has 2 atom stereocenters. The lowest BCUT2D eigenvalue weighted by Gasteiger charge is -2.38. The summed E-state index contributed by atoms with van der Waals surface area (Å²) in [5, 5.41) is 25.8. The molecule has 2 fully saturated rings. The number of fused-ring (bicyclic) bond motifs is 1. The lowest BCUT2D eigenvalue weighted by molar-refractivity contribution is -0.130. The zero-order valence-corrected chi connectivity index (χ0v) is 31.4. The van der Waals surface area contributed by atoms with Gasteiger partial charge in [-0.25, -0.2) is 8.78 Å². The molecule has 0 aromatic heterocycles. The molecule has 0 bridgehead atoms. The highest BCUT2D eigenvalue weighted by atomic mass is 35.5. The second-order valence-electron chi connectivity index (χ2n) is 14.5. The molecule has 2 N–H and O–H groups in total. The van der Waals surface area contributed by atoms with Gasteiger partial charge in [-0.05, 0) is 96.3 Å². The third-order valence-electron chi connectivity index (χ3n) is 10.4. The molecular formula is C43H42ClF2N5O4. The van der Waals surface area contributed by atoms with Gasteiger partial charge in [0.15, 0.2) is 0 Å². The molecule has 1 amide bonds. The predicted octanol–water partition coefficient (Wildman–Crippen LogP) is 7.79. The number of nitrogens with zero attached hydrogens (tertiary/aromatic N) is 3. The number of hydrogen-bond donors (Lipinski definition) is 2. The minimum absolute atomic E-state index is 0.0542. The Morgan fingerprint density at radius 2 is 1.71 bits per heavy atom. The van der Waals surface area contributed by atoms with Gasteiger partial charge < -0.3 is 24.8 Å². The molecule has 2 saturated heterocycles. The summed E-state index contributed by atoms with van der Waals surface area (Å²) < 4.78 is 45.5. The summed E-state index contributed by atoms with van der Waals surface area (Å²) in [6.45, 7) is 3.86. The minimum Gasteiger partial charge on any atom is -0.493 e. The Hall–Kier alpha value is -5.20. The van der Waals surface area contributed by atoms with Gasteiger partial charge in [-0.1, -0.05) is 41.9 Å². The highest BCUT2D eigenvalue weighted by Crippen LogP contribution is 2.44. The smallest absolute Gasteiger partial charge is 0.272 e. The molecule has 4 aromatic rings. The molecule has 0 spiro atoms. The highest BCUT2D eigenvalue weighted by Gasteiger charge is 2.43. The summed E-state index contributed by atoms with van der Waals surface area (Å²) in [5.74, 6) is -0.708. The maximum atomic E-state index is 13.2. The minimum atomic E-state index is -2.56. The third kappa shape index (κ3) is 9.03. The van der Waals surface area contributed by atoms with E-state index >= 15 is 0 Å². The average molecular weight is 766 g/mol. The molecule has 7 rings (SSSR count). The van der Waals surface area contributed by atoms with E-state index in [-0.39, 0.29) is 37.7 Å². The van der Waals surface area contributed by atoms with E-state index in [2.05, 4.69) is 41.0 Å². The first-order chi connectivity index (χ1) is 26.6. The van der Waals surface area contributed by atoms with Crippen molar-refractivity contribution in [3.8, 4) is 40.5 Å². The first-order valence-corrected chi connectivity index (χ1v) is 19.0. The van der Waals surface area contributed by atoms with Crippen molar-refractivity contribution in [3.63, 3.8) is 0 Å². The van der Waals surface area contributed by atoms with Crippen molar-refractivity contribution in [3.05, 3.63) is 111 Å². The topological polar surface area (TPSA) is 120 Å². The number of ether oxygens (including phenoxy) is 3. The van der Waals surface area contributed by atoms with Crippen LogP contribution in [0.5, 0.6) is 17.2 Å². The van der Waals surface area contributed by atoms with Crippen molar-refractivity contribution in [2.45, 2.75) is 70.2 Å². The predicted molar refractivity (Wildman–Crippen MR) is 204 cm³/mol. The van der Waals surface area contributed by atoms with Crippen LogP contribution in [0.1, 0.15) is 70.7 Å². The number of rotatable bonds is 15. The standard InChI is InChI=1S/C43H42ClF2N5O4/c1-27-33(5-3-8-38(27)53-14-4-13-51-25-43(45,46)26-51)34-6-2-7-36-35(34)10-11-39(36)55-41-19-40(54-24-30-16-28(20-47)15-29(17-30)21-48)31(18-37(41)44)22-49-23-32-9-12-42(52)50-32/h2-3,5-8,15-19,32,39,49H,4,9-14,22-26H2,1H3,(H,50,52)/t32-,39+/m1/s1. The largest absolute Gasteiger partial charge is 0.493 e. The number of carbonyl (C=O) groups is 1. The molecule has 12 heteroatoms. The summed E-state index contributed by atoms with van der Waals surface area (Å²) >= 11 is 6.90. The van der Waals surface area contributed by atoms with Crippen molar-refractivity contribution >= 4 is 17.5 Å². The Morgan fingerprint density at radius 1 is 0.945 bits per heavy atom. The van der Waals surface area contributed by atoms with Crippen LogP contribution in [-0.4, -0.2) is 55.6 Å². The SMILES string of the molecule is Cc1c(OCCCN2CC(F)(F)C2)cccc1-c1cccc2c1CC[C@@H]2Oc1cc(OCc2cc(C#N)cc(C#N)c2)c(CNC[C@H]2CCC(=O)N2)cc1Cl. The van der Waals surface area contributed by atoms with Crippen molar-refractivity contribution in [2.75, 3.05) is 32.8 Å². The van der Waals surface area contributed by atoms with E-state index in [4.69, 9.17) is 25.8 Å². The first-order valence-electron chi connectivity index (χ1n) is 18.6. The van der Waals surface area contributed by atoms with Crippen LogP contribution < -0.4 is 24.8 Å². The number of halogens is 3. The average Bonchev–Trinajstić information content (AvgIpc) is 3.78. The van der Waals surface area contributed by atoms with E-state index in [0.717, 1.165) is 52.8 Å². The maximum absolute atomic E-state index is 13.2. The molecule has 3 aliphatic rings. The fourth-order valence-corrected chi connectivity index (χ4v) is 7.89. The Balaban J connectivity index is 1.07. The molecule has 9 nitrogen and oxygen atoms in total. The van der Waals surface area contributed by atoms with Crippen LogP contribution in [-0.2, 0) is 24.4 Å². The molecule has 0 saturated carbocycles. The summed E-state index contributed by atoms with van der Waals surface area (Å²) in [6, 6.07) is 25.1. The number of hydrogen-bond acceptors (Lipinski definition) is 8. The molecule has 4 aromatic carbocycles. The van der Waals surface area contributed by atoms with Crippen LogP contribution in [0.2, 0.25) is 5.02 Å².